The monoisotopic (exact) mass is 651 g/mol. The number of nitrogens with zero attached hydrogens (tertiary/aromatic N) is 3. The quantitative estimate of drug-likeness (QED) is 0.186. The molecule has 238 valence electrons. The van der Waals surface area contributed by atoms with Gasteiger partial charge in [0.1, 0.15) is 11.5 Å². The summed E-state index contributed by atoms with van der Waals surface area (Å²) >= 11 is 0. The summed E-state index contributed by atoms with van der Waals surface area (Å²) in [5.74, 6) is 3.55. The molecule has 0 radical (unpaired) electrons. The predicted molar refractivity (Wildman–Crippen MR) is 208 cm³/mol. The molecule has 4 heteroatoms. The van der Waals surface area contributed by atoms with E-state index >= 15 is 0 Å². The first kappa shape index (κ1) is 29.0. The predicted octanol–water partition coefficient (Wildman–Crippen LogP) is 12.3. The van der Waals surface area contributed by atoms with Crippen LogP contribution in [0.2, 0.25) is 0 Å². The molecule has 1 aliphatic heterocycles. The Morgan fingerprint density at radius 2 is 0.863 bits per heavy atom. The van der Waals surface area contributed by atoms with Crippen molar-refractivity contribution in [3.8, 4) is 79.0 Å². The molecule has 0 saturated heterocycles. The van der Waals surface area contributed by atoms with E-state index in [1.54, 1.807) is 0 Å². The minimum Gasteiger partial charge on any atom is -0.456 e. The summed E-state index contributed by atoms with van der Waals surface area (Å²) in [5.41, 5.74) is 9.70. The zero-order valence-electron chi connectivity index (χ0n) is 27.5. The highest BCUT2D eigenvalue weighted by molar-refractivity contribution is 6.09. The Labute approximate surface area is 295 Å². The Morgan fingerprint density at radius 1 is 0.314 bits per heavy atom. The second kappa shape index (κ2) is 11.9. The smallest absolute Gasteiger partial charge is 0.164 e. The average molecular weight is 652 g/mol. The van der Waals surface area contributed by atoms with Crippen LogP contribution in [-0.2, 0) is 0 Å². The Balaban J connectivity index is 1.12. The molecule has 0 aliphatic carbocycles. The van der Waals surface area contributed by atoms with Gasteiger partial charge in [-0.05, 0) is 80.4 Å². The zero-order valence-corrected chi connectivity index (χ0v) is 27.5. The molecule has 9 aromatic rings. The fraction of sp³-hybridized carbons (Fsp3) is 0. The number of rotatable bonds is 5. The summed E-state index contributed by atoms with van der Waals surface area (Å²) < 4.78 is 6.54. The largest absolute Gasteiger partial charge is 0.456 e. The molecule has 0 fully saturated rings. The van der Waals surface area contributed by atoms with Gasteiger partial charge >= 0.3 is 0 Å². The summed E-state index contributed by atoms with van der Waals surface area (Å²) in [6, 6.07) is 61.0. The van der Waals surface area contributed by atoms with Crippen molar-refractivity contribution in [3.05, 3.63) is 176 Å². The minimum atomic E-state index is 0.617. The number of ether oxygens (including phenoxy) is 1. The van der Waals surface area contributed by atoms with Crippen molar-refractivity contribution < 1.29 is 4.74 Å². The summed E-state index contributed by atoms with van der Waals surface area (Å²) in [6.45, 7) is 0. The Kier molecular flexibility index (Phi) is 6.78. The summed E-state index contributed by atoms with van der Waals surface area (Å²) in [7, 11) is 0. The van der Waals surface area contributed by atoms with Gasteiger partial charge in [0.2, 0.25) is 0 Å². The lowest BCUT2D eigenvalue weighted by atomic mass is 9.90. The van der Waals surface area contributed by atoms with Gasteiger partial charge < -0.3 is 4.74 Å². The van der Waals surface area contributed by atoms with Crippen molar-refractivity contribution in [2.24, 2.45) is 0 Å². The molecule has 1 aromatic heterocycles. The van der Waals surface area contributed by atoms with Gasteiger partial charge in [0.05, 0.1) is 0 Å². The first-order chi connectivity index (χ1) is 25.2. The second-order valence-corrected chi connectivity index (χ2v) is 12.8. The Hall–Kier alpha value is -6.91. The second-order valence-electron chi connectivity index (χ2n) is 12.8. The fourth-order valence-corrected chi connectivity index (χ4v) is 7.17. The van der Waals surface area contributed by atoms with Crippen molar-refractivity contribution in [1.29, 1.82) is 0 Å². The van der Waals surface area contributed by atoms with Crippen molar-refractivity contribution in [1.82, 2.24) is 15.0 Å². The van der Waals surface area contributed by atoms with E-state index in [2.05, 4.69) is 127 Å². The Morgan fingerprint density at radius 3 is 1.57 bits per heavy atom. The molecule has 0 unspecified atom stereocenters. The van der Waals surface area contributed by atoms with E-state index in [0.29, 0.717) is 17.5 Å². The number of aromatic nitrogens is 3. The molecule has 8 aromatic carbocycles. The molecular formula is C47H29N3O. The summed E-state index contributed by atoms with van der Waals surface area (Å²) in [6.07, 6.45) is 0. The number of benzene rings is 8. The molecule has 2 heterocycles. The molecule has 0 atom stereocenters. The molecular weight excluding hydrogens is 623 g/mol. The molecule has 10 rings (SSSR count). The van der Waals surface area contributed by atoms with Gasteiger partial charge in [-0.25, -0.2) is 15.0 Å². The van der Waals surface area contributed by atoms with Crippen LogP contribution in [0.4, 0.5) is 0 Å². The third kappa shape index (κ3) is 5.13. The first-order valence-corrected chi connectivity index (χ1v) is 17.1. The number of hydrogen-bond acceptors (Lipinski definition) is 4. The molecule has 0 N–H and O–H groups in total. The van der Waals surface area contributed by atoms with E-state index in [-0.39, 0.29) is 0 Å². The van der Waals surface area contributed by atoms with Crippen molar-refractivity contribution >= 4 is 21.5 Å². The van der Waals surface area contributed by atoms with Crippen molar-refractivity contribution in [2.75, 3.05) is 0 Å². The molecule has 0 amide bonds. The van der Waals surface area contributed by atoms with E-state index in [1.807, 2.05) is 48.5 Å². The fourth-order valence-electron chi connectivity index (χ4n) is 7.17. The van der Waals surface area contributed by atoms with Gasteiger partial charge in [-0.2, -0.15) is 0 Å². The van der Waals surface area contributed by atoms with Gasteiger partial charge in [-0.15, -0.1) is 0 Å². The lowest BCUT2D eigenvalue weighted by Gasteiger charge is -2.23. The highest BCUT2D eigenvalue weighted by Crippen LogP contribution is 2.49. The highest BCUT2D eigenvalue weighted by atomic mass is 16.5. The van der Waals surface area contributed by atoms with Gasteiger partial charge in [-0.1, -0.05) is 140 Å². The van der Waals surface area contributed by atoms with E-state index < -0.39 is 0 Å². The number of fused-ring (bicyclic) bond motifs is 3. The van der Waals surface area contributed by atoms with Gasteiger partial charge in [0.15, 0.2) is 17.5 Å². The third-order valence-electron chi connectivity index (χ3n) is 9.71. The standard InChI is InChI=1S/C47H29N3O/c1-4-11-30(12-5-1)33-19-20-35-28-37(22-21-34(35)27-33)46-48-45(32-15-8-3-9-16-32)49-47(50-46)40-24-26-43-44-38(40)17-10-18-39(44)41-29-36(23-25-42(41)51-43)31-13-6-2-7-14-31/h1-29H. The normalized spacial score (nSPS) is 11.7. The third-order valence-corrected chi connectivity index (χ3v) is 9.71. The molecule has 1 aliphatic rings. The average Bonchev–Trinajstić information content (AvgIpc) is 3.21. The van der Waals surface area contributed by atoms with E-state index in [4.69, 9.17) is 19.7 Å². The molecule has 4 nitrogen and oxygen atoms in total. The van der Waals surface area contributed by atoms with Crippen molar-refractivity contribution in [3.63, 3.8) is 0 Å². The molecule has 51 heavy (non-hydrogen) atoms. The molecule has 0 spiro atoms. The number of hydrogen-bond donors (Lipinski definition) is 0. The van der Waals surface area contributed by atoms with Crippen LogP contribution in [0.5, 0.6) is 11.5 Å². The summed E-state index contributed by atoms with van der Waals surface area (Å²) in [4.78, 5) is 15.3. The maximum absolute atomic E-state index is 6.54. The van der Waals surface area contributed by atoms with Gasteiger partial charge in [-0.3, -0.25) is 0 Å². The minimum absolute atomic E-state index is 0.617. The molecule has 0 bridgehead atoms. The maximum Gasteiger partial charge on any atom is 0.164 e. The van der Waals surface area contributed by atoms with Crippen LogP contribution in [-0.4, -0.2) is 15.0 Å². The van der Waals surface area contributed by atoms with Crippen LogP contribution in [0.3, 0.4) is 0 Å². The topological polar surface area (TPSA) is 47.9 Å². The first-order valence-electron chi connectivity index (χ1n) is 17.1. The van der Waals surface area contributed by atoms with Crippen LogP contribution >= 0.6 is 0 Å². The van der Waals surface area contributed by atoms with Crippen molar-refractivity contribution in [2.45, 2.75) is 0 Å². The van der Waals surface area contributed by atoms with Crippen LogP contribution < -0.4 is 4.74 Å². The van der Waals surface area contributed by atoms with Gasteiger partial charge in [0, 0.05) is 27.6 Å². The van der Waals surface area contributed by atoms with E-state index in [0.717, 1.165) is 66.4 Å². The van der Waals surface area contributed by atoms with E-state index in [1.165, 1.54) is 16.7 Å². The lowest BCUT2D eigenvalue weighted by molar-refractivity contribution is 0.487. The lowest BCUT2D eigenvalue weighted by Crippen LogP contribution is -2.02. The van der Waals surface area contributed by atoms with Crippen LogP contribution in [0, 0.1) is 0 Å². The zero-order chi connectivity index (χ0) is 33.7. The van der Waals surface area contributed by atoms with Crippen LogP contribution in [0.25, 0.3) is 89.1 Å². The molecule has 0 saturated carbocycles. The Bertz CT molecular complexity index is 2760. The SMILES string of the molecule is c1ccc(-c2ccc3c(c2)-c2cccc4c(-c5nc(-c6ccccc6)nc(-c6ccc7cc(-c8ccccc8)ccc7c6)n5)ccc(c24)O3)cc1. The van der Waals surface area contributed by atoms with E-state index in [9.17, 15) is 0 Å². The van der Waals surface area contributed by atoms with Crippen LogP contribution in [0.1, 0.15) is 0 Å². The maximum atomic E-state index is 6.54. The highest BCUT2D eigenvalue weighted by Gasteiger charge is 2.23. The van der Waals surface area contributed by atoms with Gasteiger partial charge in [0.25, 0.3) is 0 Å². The summed E-state index contributed by atoms with van der Waals surface area (Å²) in [5, 5.41) is 4.37. The van der Waals surface area contributed by atoms with Crippen LogP contribution in [0.15, 0.2) is 176 Å².